The fourth-order valence-corrected chi connectivity index (χ4v) is 7.51. The summed E-state index contributed by atoms with van der Waals surface area (Å²) in [7, 11) is 0. The molecule has 1 atom stereocenters. The fraction of sp³-hybridized carbons (Fsp3) is 0.577. The van der Waals surface area contributed by atoms with E-state index < -0.39 is 23.6 Å². The van der Waals surface area contributed by atoms with Crippen molar-refractivity contribution in [3.8, 4) is 0 Å². The summed E-state index contributed by atoms with van der Waals surface area (Å²) in [6.07, 6.45) is 9.03. The van der Waals surface area contributed by atoms with E-state index in [1.165, 1.54) is 36.6 Å². The lowest BCUT2D eigenvalue weighted by molar-refractivity contribution is -0.115. The van der Waals surface area contributed by atoms with Crippen molar-refractivity contribution >= 4 is 11.7 Å². The van der Waals surface area contributed by atoms with Gasteiger partial charge in [-0.25, -0.2) is 18.7 Å². The molecule has 1 aliphatic heterocycles. The number of carbonyl (C=O) groups excluding carboxylic acids is 1. The predicted molar refractivity (Wildman–Crippen MR) is 122 cm³/mol. The third kappa shape index (κ3) is 3.76. The van der Waals surface area contributed by atoms with Gasteiger partial charge in [-0.05, 0) is 80.2 Å². The Morgan fingerprint density at radius 1 is 1.15 bits per heavy atom. The van der Waals surface area contributed by atoms with Crippen LogP contribution in [0.4, 0.5) is 14.6 Å². The molecule has 5 aliphatic rings. The van der Waals surface area contributed by atoms with Gasteiger partial charge in [-0.2, -0.15) is 0 Å². The van der Waals surface area contributed by atoms with Crippen LogP contribution in [0.25, 0.3) is 0 Å². The second kappa shape index (κ2) is 8.26. The Bertz CT molecular complexity index is 1090. The van der Waals surface area contributed by atoms with E-state index in [9.17, 15) is 18.7 Å². The highest BCUT2D eigenvalue weighted by atomic mass is 19.1. The number of hydrogen-bond acceptors (Lipinski definition) is 5. The molecule has 0 radical (unpaired) electrons. The largest absolute Gasteiger partial charge is 0.391 e. The molecule has 8 heteroatoms. The molecule has 0 saturated heterocycles. The molecule has 34 heavy (non-hydrogen) atoms. The molecule has 6 nitrogen and oxygen atoms in total. The van der Waals surface area contributed by atoms with Crippen LogP contribution in [0.2, 0.25) is 0 Å². The third-order valence-electron chi connectivity index (χ3n) is 8.71. The lowest BCUT2D eigenvalue weighted by atomic mass is 9.48. The maximum atomic E-state index is 14.1. The topological polar surface area (TPSA) is 78.4 Å². The minimum absolute atomic E-state index is 0.0390. The molecule has 1 unspecified atom stereocenters. The first-order chi connectivity index (χ1) is 16.4. The van der Waals surface area contributed by atoms with Crippen LogP contribution in [0.1, 0.15) is 60.1 Å². The van der Waals surface area contributed by atoms with E-state index >= 15 is 0 Å². The van der Waals surface area contributed by atoms with Crippen molar-refractivity contribution in [2.45, 2.75) is 57.6 Å². The Balaban J connectivity index is 1.14. The number of anilines is 1. The number of aliphatic hydroxyl groups excluding tert-OH is 1. The summed E-state index contributed by atoms with van der Waals surface area (Å²) in [4.78, 5) is 23.1. The Kier molecular flexibility index (Phi) is 5.32. The lowest BCUT2D eigenvalue weighted by Gasteiger charge is -2.58. The predicted octanol–water partition coefficient (Wildman–Crippen LogP) is 3.94. The molecule has 4 saturated carbocycles. The number of hydrogen-bond donors (Lipinski definition) is 2. The number of rotatable bonds is 5. The van der Waals surface area contributed by atoms with Gasteiger partial charge in [0.05, 0.1) is 23.9 Å². The van der Waals surface area contributed by atoms with Gasteiger partial charge in [0.25, 0.3) is 5.91 Å². The summed E-state index contributed by atoms with van der Waals surface area (Å²) in [5.74, 6) is 0.991. The molecule has 4 aliphatic carbocycles. The quantitative estimate of drug-likeness (QED) is 0.695. The number of benzene rings is 1. The number of nitrogens with zero attached hydrogens (tertiary/aromatic N) is 3. The summed E-state index contributed by atoms with van der Waals surface area (Å²) < 4.78 is 27.3. The summed E-state index contributed by atoms with van der Waals surface area (Å²) in [5.41, 5.74) is 1.54. The monoisotopic (exact) mass is 468 g/mol. The second-order valence-corrected chi connectivity index (χ2v) is 10.9. The van der Waals surface area contributed by atoms with Gasteiger partial charge in [-0.1, -0.05) is 0 Å². The fourth-order valence-electron chi connectivity index (χ4n) is 7.51. The molecule has 2 aromatic rings. The first-order valence-corrected chi connectivity index (χ1v) is 12.4. The maximum Gasteiger partial charge on any atom is 0.257 e. The Morgan fingerprint density at radius 2 is 1.85 bits per heavy atom. The van der Waals surface area contributed by atoms with Gasteiger partial charge in [0.2, 0.25) is 0 Å². The molecular weight excluding hydrogens is 438 g/mol. The number of aliphatic hydroxyl groups is 1. The van der Waals surface area contributed by atoms with E-state index in [1.807, 2.05) is 0 Å². The molecular formula is C26H30F2N4O2. The van der Waals surface area contributed by atoms with Crippen molar-refractivity contribution in [1.29, 1.82) is 0 Å². The molecule has 4 fully saturated rings. The zero-order chi connectivity index (χ0) is 23.4. The van der Waals surface area contributed by atoms with E-state index in [0.29, 0.717) is 31.0 Å². The Morgan fingerprint density at radius 3 is 2.53 bits per heavy atom. The van der Waals surface area contributed by atoms with E-state index in [1.54, 1.807) is 0 Å². The molecule has 1 aromatic heterocycles. The first kappa shape index (κ1) is 21.9. The van der Waals surface area contributed by atoms with E-state index in [0.717, 1.165) is 54.7 Å². The Labute approximate surface area is 197 Å². The minimum atomic E-state index is -0.862. The molecule has 0 spiro atoms. The van der Waals surface area contributed by atoms with Crippen LogP contribution >= 0.6 is 0 Å². The minimum Gasteiger partial charge on any atom is -0.391 e. The highest BCUT2D eigenvalue weighted by molar-refractivity contribution is 5.94. The van der Waals surface area contributed by atoms with Crippen molar-refractivity contribution < 1.29 is 18.7 Å². The van der Waals surface area contributed by atoms with Gasteiger partial charge in [0.1, 0.15) is 23.8 Å². The molecule has 2 N–H and O–H groups in total. The number of amides is 1. The van der Waals surface area contributed by atoms with Crippen molar-refractivity contribution in [2.75, 3.05) is 18.4 Å². The van der Waals surface area contributed by atoms with Crippen LogP contribution in [0.3, 0.4) is 0 Å². The van der Waals surface area contributed by atoms with Crippen LogP contribution in [-0.2, 0) is 13.0 Å². The Hall–Kier alpha value is -2.61. The highest BCUT2D eigenvalue weighted by Crippen LogP contribution is 2.61. The zero-order valence-electron chi connectivity index (χ0n) is 19.1. The molecule has 4 bridgehead atoms. The lowest BCUT2D eigenvalue weighted by Crippen LogP contribution is -2.53. The van der Waals surface area contributed by atoms with Gasteiger partial charge in [-0.15, -0.1) is 0 Å². The maximum absolute atomic E-state index is 14.1. The highest BCUT2D eigenvalue weighted by Gasteiger charge is 2.53. The number of aromatic nitrogens is 2. The SMILES string of the molecule is O=C(c1ccc(F)cc1F)N1CCc2c(ncnc2NCC(O)C23CC4CC(CC(C4)C2)C3)C1. The smallest absolute Gasteiger partial charge is 0.257 e. The van der Waals surface area contributed by atoms with Gasteiger partial charge < -0.3 is 15.3 Å². The molecule has 180 valence electrons. The van der Waals surface area contributed by atoms with Crippen LogP contribution in [-0.4, -0.2) is 45.1 Å². The molecule has 7 rings (SSSR count). The van der Waals surface area contributed by atoms with Crippen molar-refractivity contribution in [3.63, 3.8) is 0 Å². The molecule has 1 aromatic carbocycles. The van der Waals surface area contributed by atoms with Crippen molar-refractivity contribution in [3.05, 3.63) is 53.0 Å². The second-order valence-electron chi connectivity index (χ2n) is 10.9. The summed E-state index contributed by atoms with van der Waals surface area (Å²) in [5, 5.41) is 14.6. The van der Waals surface area contributed by atoms with Gasteiger partial charge in [0.15, 0.2) is 0 Å². The van der Waals surface area contributed by atoms with E-state index in [-0.39, 0.29) is 17.5 Å². The number of halogens is 2. The summed E-state index contributed by atoms with van der Waals surface area (Å²) in [6.45, 7) is 1.08. The van der Waals surface area contributed by atoms with Crippen molar-refractivity contribution in [1.82, 2.24) is 14.9 Å². The zero-order valence-corrected chi connectivity index (χ0v) is 19.1. The normalized spacial score (nSPS) is 30.2. The molecule has 1 amide bonds. The van der Waals surface area contributed by atoms with E-state index in [4.69, 9.17) is 0 Å². The number of fused-ring (bicyclic) bond motifs is 1. The van der Waals surface area contributed by atoms with Crippen LogP contribution in [0.15, 0.2) is 24.5 Å². The summed E-state index contributed by atoms with van der Waals surface area (Å²) in [6, 6.07) is 3.00. The van der Waals surface area contributed by atoms with Gasteiger partial charge >= 0.3 is 0 Å². The van der Waals surface area contributed by atoms with Crippen LogP contribution < -0.4 is 5.32 Å². The van der Waals surface area contributed by atoms with Gasteiger partial charge in [0, 0.05) is 24.7 Å². The van der Waals surface area contributed by atoms with Crippen molar-refractivity contribution in [2.24, 2.45) is 23.2 Å². The van der Waals surface area contributed by atoms with Crippen LogP contribution in [0, 0.1) is 34.8 Å². The van der Waals surface area contributed by atoms with Crippen LogP contribution in [0.5, 0.6) is 0 Å². The number of nitrogens with one attached hydrogen (secondary N) is 1. The third-order valence-corrected chi connectivity index (χ3v) is 8.71. The van der Waals surface area contributed by atoms with E-state index in [2.05, 4.69) is 15.3 Å². The number of carbonyl (C=O) groups is 1. The average Bonchev–Trinajstić information content (AvgIpc) is 2.81. The summed E-state index contributed by atoms with van der Waals surface area (Å²) >= 11 is 0. The first-order valence-electron chi connectivity index (χ1n) is 12.4. The molecule has 2 heterocycles. The average molecular weight is 469 g/mol. The standard InChI is InChI=1S/C26H30F2N4O2/c27-18-1-2-19(21(28)8-18)25(34)32-4-3-20-22(13-32)30-14-31-24(20)29-12-23(33)26-9-15-5-16(10-26)7-17(6-15)11-26/h1-2,8,14-17,23,33H,3-7,9-13H2,(H,29,30,31). The van der Waals surface area contributed by atoms with Gasteiger partial charge in [-0.3, -0.25) is 4.79 Å².